The summed E-state index contributed by atoms with van der Waals surface area (Å²) in [6, 6.07) is 0. The molecule has 26 heavy (non-hydrogen) atoms. The highest BCUT2D eigenvalue weighted by Crippen LogP contribution is 2.66. The Balaban J connectivity index is 1.42. The maximum Gasteiger partial charge on any atom is 0.315 e. The molecule has 0 aromatic carbocycles. The molecule has 0 radical (unpaired) electrons. The maximum atomic E-state index is 13.1. The fourth-order valence-electron chi connectivity index (χ4n) is 7.15. The van der Waals surface area contributed by atoms with Gasteiger partial charge in [0.15, 0.2) is 0 Å². The number of fused-ring (bicyclic) bond motifs is 1. The van der Waals surface area contributed by atoms with Crippen LogP contribution in [0, 0.1) is 23.7 Å². The number of epoxide rings is 1. The number of hydrogen-bond donors (Lipinski definition) is 1. The van der Waals surface area contributed by atoms with Gasteiger partial charge in [0.25, 0.3) is 0 Å². The zero-order valence-electron chi connectivity index (χ0n) is 16.6. The van der Waals surface area contributed by atoms with Crippen LogP contribution in [0.5, 0.6) is 0 Å². The lowest BCUT2D eigenvalue weighted by Crippen LogP contribution is -3.16. The van der Waals surface area contributed by atoms with Gasteiger partial charge in [-0.2, -0.15) is 0 Å². The summed E-state index contributed by atoms with van der Waals surface area (Å²) in [6.07, 6.45) is 5.26. The van der Waals surface area contributed by atoms with Crippen LogP contribution in [-0.2, 0) is 19.0 Å². The molecule has 0 bridgehead atoms. The van der Waals surface area contributed by atoms with Gasteiger partial charge in [-0.05, 0) is 52.4 Å². The van der Waals surface area contributed by atoms with E-state index in [1.807, 2.05) is 0 Å². The Hall–Kier alpha value is -0.650. The Morgan fingerprint density at radius 3 is 2.54 bits per heavy atom. The summed E-state index contributed by atoms with van der Waals surface area (Å²) in [5.41, 5.74) is -0.384. The molecule has 2 saturated carbocycles. The van der Waals surface area contributed by atoms with E-state index in [1.54, 1.807) is 0 Å². The highest BCUT2D eigenvalue weighted by molar-refractivity contribution is 5.77. The van der Waals surface area contributed by atoms with E-state index < -0.39 is 0 Å². The Bertz CT molecular complexity index is 601. The lowest BCUT2D eigenvalue weighted by atomic mass is 9.55. The van der Waals surface area contributed by atoms with E-state index >= 15 is 0 Å². The molecule has 3 aliphatic heterocycles. The van der Waals surface area contributed by atoms with Gasteiger partial charge in [-0.3, -0.25) is 4.79 Å². The smallest absolute Gasteiger partial charge is 0.315 e. The Kier molecular flexibility index (Phi) is 3.81. The lowest BCUT2D eigenvalue weighted by Gasteiger charge is -2.50. The van der Waals surface area contributed by atoms with Crippen molar-refractivity contribution in [3.05, 3.63) is 0 Å². The average molecular weight is 365 g/mol. The highest BCUT2D eigenvalue weighted by Gasteiger charge is 2.77. The Labute approximate surface area is 156 Å². The summed E-state index contributed by atoms with van der Waals surface area (Å²) >= 11 is 0. The summed E-state index contributed by atoms with van der Waals surface area (Å²) < 4.78 is 18.4. The van der Waals surface area contributed by atoms with Crippen LogP contribution >= 0.6 is 0 Å². The number of quaternary nitrogens is 1. The molecule has 10 atom stereocenters. The molecular formula is C21H34NO4+. The molecule has 0 aromatic rings. The molecule has 0 aromatic heterocycles. The fraction of sp³-hybridized carbons (Fsp3) is 0.952. The molecular weight excluding hydrogens is 330 g/mol. The van der Waals surface area contributed by atoms with E-state index in [9.17, 15) is 4.79 Å². The minimum Gasteiger partial charge on any atom is -0.455 e. The second kappa shape index (κ2) is 5.68. The van der Waals surface area contributed by atoms with Crippen LogP contribution in [0.15, 0.2) is 0 Å². The van der Waals surface area contributed by atoms with Crippen molar-refractivity contribution < 1.29 is 23.9 Å². The van der Waals surface area contributed by atoms with E-state index in [-0.39, 0.29) is 41.4 Å². The van der Waals surface area contributed by atoms with Gasteiger partial charge < -0.3 is 19.1 Å². The SMILES string of the molecule is C[C@@H]1C[NH+](C[C@H]2C(=O)O[C@@]34[C@@H]2CC[C@H](C)[C@@H]3CC[C@@]2(C)O[C@@H]42)C[C@H](C)O1. The minimum absolute atomic E-state index is 0.0315. The van der Waals surface area contributed by atoms with E-state index in [0.29, 0.717) is 17.8 Å². The van der Waals surface area contributed by atoms with E-state index in [1.165, 1.54) is 11.3 Å². The van der Waals surface area contributed by atoms with Gasteiger partial charge in [-0.25, -0.2) is 0 Å². The van der Waals surface area contributed by atoms with E-state index in [2.05, 4.69) is 27.7 Å². The third-order valence-corrected chi connectivity index (χ3v) is 8.22. The van der Waals surface area contributed by atoms with E-state index in [4.69, 9.17) is 14.2 Å². The molecule has 5 fully saturated rings. The predicted octanol–water partition coefficient (Wildman–Crippen LogP) is 1.20. The van der Waals surface area contributed by atoms with E-state index in [0.717, 1.165) is 38.9 Å². The molecule has 5 rings (SSSR count). The first kappa shape index (κ1) is 17.4. The second-order valence-corrected chi connectivity index (χ2v) is 10.1. The molecule has 5 heteroatoms. The molecule has 3 saturated heterocycles. The lowest BCUT2D eigenvalue weighted by molar-refractivity contribution is -0.917. The van der Waals surface area contributed by atoms with Crippen LogP contribution < -0.4 is 4.90 Å². The minimum atomic E-state index is -0.338. The first-order valence-corrected chi connectivity index (χ1v) is 10.7. The summed E-state index contributed by atoms with van der Waals surface area (Å²) in [5, 5.41) is 0. The molecule has 3 heterocycles. The van der Waals surface area contributed by atoms with Crippen molar-refractivity contribution in [3.8, 4) is 0 Å². The van der Waals surface area contributed by atoms with Crippen molar-refractivity contribution in [2.24, 2.45) is 23.7 Å². The van der Waals surface area contributed by atoms with Gasteiger partial charge in [-0.15, -0.1) is 0 Å². The van der Waals surface area contributed by atoms with Crippen molar-refractivity contribution >= 4 is 5.97 Å². The average Bonchev–Trinajstić information content (AvgIpc) is 3.18. The number of ether oxygens (including phenoxy) is 3. The number of nitrogens with one attached hydrogen (secondary N) is 1. The topological polar surface area (TPSA) is 52.5 Å². The molecule has 5 nitrogen and oxygen atoms in total. The normalized spacial score (nSPS) is 58.4. The highest BCUT2D eigenvalue weighted by atomic mass is 16.7. The van der Waals surface area contributed by atoms with Gasteiger partial charge in [0.1, 0.15) is 42.9 Å². The number of morpholine rings is 1. The number of esters is 1. The van der Waals surface area contributed by atoms with Crippen molar-refractivity contribution in [1.29, 1.82) is 0 Å². The van der Waals surface area contributed by atoms with Crippen molar-refractivity contribution in [1.82, 2.24) is 0 Å². The zero-order valence-corrected chi connectivity index (χ0v) is 16.6. The van der Waals surface area contributed by atoms with Gasteiger partial charge in [0, 0.05) is 11.8 Å². The first-order valence-electron chi connectivity index (χ1n) is 10.7. The molecule has 5 aliphatic rings. The third-order valence-electron chi connectivity index (χ3n) is 8.22. The first-order chi connectivity index (χ1) is 12.3. The zero-order chi connectivity index (χ0) is 18.3. The maximum absolute atomic E-state index is 13.1. The molecule has 1 spiro atoms. The monoisotopic (exact) mass is 364 g/mol. The number of rotatable bonds is 2. The standard InChI is InChI=1S/C21H33NO4/c1-12-5-6-17-15(11-22-9-13(2)24-14(3)10-22)18(23)25-21(17)16(12)7-8-20(4)19(21)26-20/h12-17,19H,5-11H2,1-4H3/p+1/t12-,13-,14+,15+,16-,17+,19+,20+,21+/m0/s1. The largest absolute Gasteiger partial charge is 0.455 e. The van der Waals surface area contributed by atoms with Gasteiger partial charge in [0.05, 0.1) is 12.1 Å². The van der Waals surface area contributed by atoms with Crippen molar-refractivity contribution in [2.75, 3.05) is 19.6 Å². The molecule has 1 N–H and O–H groups in total. The summed E-state index contributed by atoms with van der Waals surface area (Å²) in [6.45, 7) is 11.7. The number of carbonyl (C=O) groups excluding carboxylic acids is 1. The van der Waals surface area contributed by atoms with Crippen LogP contribution in [0.2, 0.25) is 0 Å². The second-order valence-electron chi connectivity index (χ2n) is 10.1. The van der Waals surface area contributed by atoms with Crippen LogP contribution in [0.1, 0.15) is 53.4 Å². The molecule has 2 aliphatic carbocycles. The van der Waals surface area contributed by atoms with Gasteiger partial charge in [-0.1, -0.05) is 6.92 Å². The summed E-state index contributed by atoms with van der Waals surface area (Å²) in [7, 11) is 0. The van der Waals surface area contributed by atoms with Crippen LogP contribution in [0.3, 0.4) is 0 Å². The number of carbonyl (C=O) groups is 1. The van der Waals surface area contributed by atoms with Crippen LogP contribution in [0.4, 0.5) is 0 Å². The Morgan fingerprint density at radius 1 is 1.08 bits per heavy atom. The summed E-state index contributed by atoms with van der Waals surface area (Å²) in [4.78, 5) is 14.6. The van der Waals surface area contributed by atoms with Crippen LogP contribution in [0.25, 0.3) is 0 Å². The van der Waals surface area contributed by atoms with Crippen molar-refractivity contribution in [2.45, 2.75) is 82.9 Å². The predicted molar refractivity (Wildman–Crippen MR) is 95.8 cm³/mol. The number of hydrogen-bond acceptors (Lipinski definition) is 4. The van der Waals surface area contributed by atoms with Gasteiger partial charge in [0.2, 0.25) is 0 Å². The van der Waals surface area contributed by atoms with Crippen LogP contribution in [-0.4, -0.2) is 55.1 Å². The summed E-state index contributed by atoms with van der Waals surface area (Å²) in [5.74, 6) is 1.53. The molecule has 146 valence electrons. The fourth-order valence-corrected chi connectivity index (χ4v) is 7.15. The Morgan fingerprint density at radius 2 is 1.81 bits per heavy atom. The quantitative estimate of drug-likeness (QED) is 0.591. The van der Waals surface area contributed by atoms with Crippen molar-refractivity contribution in [3.63, 3.8) is 0 Å². The third kappa shape index (κ3) is 2.36. The van der Waals surface area contributed by atoms with Gasteiger partial charge >= 0.3 is 5.97 Å². The molecule has 1 unspecified atom stereocenters. The molecule has 0 amide bonds.